The summed E-state index contributed by atoms with van der Waals surface area (Å²) in [6.45, 7) is 0. The first-order valence-electron chi connectivity index (χ1n) is 8.11. The van der Waals surface area contributed by atoms with Crippen molar-refractivity contribution in [1.82, 2.24) is 9.55 Å². The van der Waals surface area contributed by atoms with Crippen LogP contribution < -0.4 is 4.40 Å². The van der Waals surface area contributed by atoms with Gasteiger partial charge in [0.15, 0.2) is 0 Å². The summed E-state index contributed by atoms with van der Waals surface area (Å²) in [5.74, 6) is 7.28. The zero-order valence-electron chi connectivity index (χ0n) is 14.0. The second-order valence-corrected chi connectivity index (χ2v) is 18.2. The van der Waals surface area contributed by atoms with Crippen LogP contribution in [0.25, 0.3) is 27.5 Å². The van der Waals surface area contributed by atoms with Gasteiger partial charge in [0.25, 0.3) is 0 Å². The number of rotatable bonds is 2. The monoisotopic (exact) mass is 396 g/mol. The average Bonchev–Trinajstić information content (AvgIpc) is 2.88. The molecule has 0 N–H and O–H groups in total. The third-order valence-electron chi connectivity index (χ3n) is 4.50. The van der Waals surface area contributed by atoms with E-state index in [2.05, 4.69) is 69.3 Å². The quantitative estimate of drug-likeness (QED) is 0.329. The standard InChI is InChI=1S/C20H19ClGeN2/c1-22(2,3)14-9-10-16-17-12-20(21)23-13-19(17)24(18(16)11-14)15-7-5-4-6-8-15/h4-13H,1-3H3. The first-order chi connectivity index (χ1) is 11.4. The number of para-hydroxylation sites is 1. The van der Waals surface area contributed by atoms with Crippen molar-refractivity contribution in [3.05, 3.63) is 65.9 Å². The summed E-state index contributed by atoms with van der Waals surface area (Å²) in [4.78, 5) is 4.32. The number of benzene rings is 2. The Morgan fingerprint density at radius 1 is 0.875 bits per heavy atom. The Balaban J connectivity index is 2.16. The topological polar surface area (TPSA) is 17.8 Å². The molecule has 0 bridgehead atoms. The fraction of sp³-hybridized carbons (Fsp3) is 0.150. The van der Waals surface area contributed by atoms with Gasteiger partial charge in [-0.2, -0.15) is 0 Å². The third kappa shape index (κ3) is 2.54. The van der Waals surface area contributed by atoms with Crippen molar-refractivity contribution in [1.29, 1.82) is 0 Å². The molecule has 0 aliphatic rings. The Morgan fingerprint density at radius 3 is 2.33 bits per heavy atom. The molecule has 4 aromatic rings. The van der Waals surface area contributed by atoms with Gasteiger partial charge in [0, 0.05) is 0 Å². The van der Waals surface area contributed by atoms with Crippen LogP contribution in [0.2, 0.25) is 22.4 Å². The summed E-state index contributed by atoms with van der Waals surface area (Å²) >= 11 is 4.26. The number of aromatic nitrogens is 2. The van der Waals surface area contributed by atoms with Crippen LogP contribution in [0, 0.1) is 0 Å². The van der Waals surface area contributed by atoms with Crippen LogP contribution in [0.15, 0.2) is 60.8 Å². The Hall–Kier alpha value is -1.78. The van der Waals surface area contributed by atoms with E-state index in [0.717, 1.165) is 16.6 Å². The van der Waals surface area contributed by atoms with Crippen molar-refractivity contribution in [2.45, 2.75) is 17.3 Å². The molecule has 0 fully saturated rings. The van der Waals surface area contributed by atoms with Gasteiger partial charge in [0.2, 0.25) is 0 Å². The minimum atomic E-state index is -1.91. The molecule has 0 atom stereocenters. The van der Waals surface area contributed by atoms with Gasteiger partial charge >= 0.3 is 150 Å². The van der Waals surface area contributed by atoms with Gasteiger partial charge in [0.05, 0.1) is 0 Å². The summed E-state index contributed by atoms with van der Waals surface area (Å²) < 4.78 is 3.80. The number of fused-ring (bicyclic) bond motifs is 3. The number of hydrogen-bond acceptors (Lipinski definition) is 1. The molecular weight excluding hydrogens is 376 g/mol. The van der Waals surface area contributed by atoms with Crippen molar-refractivity contribution >= 4 is 51.1 Å². The normalized spacial score (nSPS) is 12.2. The fourth-order valence-corrected chi connectivity index (χ4v) is 5.79. The van der Waals surface area contributed by atoms with Gasteiger partial charge in [-0.05, 0) is 0 Å². The molecule has 2 aromatic carbocycles. The molecule has 0 amide bonds. The first kappa shape index (κ1) is 15.7. The van der Waals surface area contributed by atoms with Crippen molar-refractivity contribution in [2.75, 3.05) is 0 Å². The summed E-state index contributed by atoms with van der Waals surface area (Å²) in [6, 6.07) is 19.3. The zero-order chi connectivity index (χ0) is 16.9. The maximum absolute atomic E-state index is 6.17. The van der Waals surface area contributed by atoms with Crippen LogP contribution in [0.3, 0.4) is 0 Å². The van der Waals surface area contributed by atoms with E-state index in [1.54, 1.807) is 0 Å². The number of nitrogens with zero attached hydrogens (tertiary/aromatic N) is 2. The number of pyridine rings is 1. The number of hydrogen-bond donors (Lipinski definition) is 0. The van der Waals surface area contributed by atoms with Crippen LogP contribution in [0.1, 0.15) is 0 Å². The van der Waals surface area contributed by atoms with E-state index in [4.69, 9.17) is 11.6 Å². The van der Waals surface area contributed by atoms with E-state index in [1.165, 1.54) is 15.3 Å². The van der Waals surface area contributed by atoms with Crippen LogP contribution in [-0.2, 0) is 0 Å². The third-order valence-corrected chi connectivity index (χ3v) is 8.99. The molecule has 2 nitrogen and oxygen atoms in total. The Bertz CT molecular complexity index is 1050. The molecule has 0 radical (unpaired) electrons. The SMILES string of the molecule is [CH3][Ge]([CH3])([CH3])[c]1ccc2c3cc(Cl)ncc3n(-c3ccccc3)c2c1. The molecule has 2 heterocycles. The van der Waals surface area contributed by atoms with Crippen molar-refractivity contribution in [3.63, 3.8) is 0 Å². The van der Waals surface area contributed by atoms with Crippen LogP contribution >= 0.6 is 11.6 Å². The van der Waals surface area contributed by atoms with Gasteiger partial charge < -0.3 is 0 Å². The molecular formula is C20H19ClGeN2. The van der Waals surface area contributed by atoms with Crippen LogP contribution in [-0.4, -0.2) is 22.8 Å². The Labute approximate surface area is 149 Å². The van der Waals surface area contributed by atoms with Gasteiger partial charge in [-0.15, -0.1) is 0 Å². The van der Waals surface area contributed by atoms with Gasteiger partial charge in [-0.3, -0.25) is 0 Å². The molecule has 4 heteroatoms. The molecule has 0 aliphatic heterocycles. The molecule has 0 unspecified atom stereocenters. The first-order valence-corrected chi connectivity index (χ1v) is 15.8. The fourth-order valence-electron chi connectivity index (χ4n) is 3.21. The van der Waals surface area contributed by atoms with E-state index < -0.39 is 13.3 Å². The average molecular weight is 395 g/mol. The van der Waals surface area contributed by atoms with Crippen molar-refractivity contribution in [2.24, 2.45) is 0 Å². The molecule has 120 valence electrons. The van der Waals surface area contributed by atoms with Gasteiger partial charge in [-0.1, -0.05) is 0 Å². The van der Waals surface area contributed by atoms with Gasteiger partial charge in [0.1, 0.15) is 0 Å². The Kier molecular flexibility index (Phi) is 3.70. The van der Waals surface area contributed by atoms with Crippen molar-refractivity contribution < 1.29 is 0 Å². The summed E-state index contributed by atoms with van der Waals surface area (Å²) in [6.07, 6.45) is 1.88. The van der Waals surface area contributed by atoms with Crippen molar-refractivity contribution in [3.8, 4) is 5.69 Å². The molecule has 0 spiro atoms. The predicted octanol–water partition coefficient (Wildman–Crippen LogP) is 5.38. The molecule has 0 saturated carbocycles. The van der Waals surface area contributed by atoms with Crippen LogP contribution in [0.4, 0.5) is 0 Å². The molecule has 0 saturated heterocycles. The van der Waals surface area contributed by atoms with E-state index in [1.807, 2.05) is 18.3 Å². The second-order valence-electron chi connectivity index (χ2n) is 7.18. The Morgan fingerprint density at radius 2 is 1.62 bits per heavy atom. The van der Waals surface area contributed by atoms with E-state index in [0.29, 0.717) is 5.15 Å². The molecule has 2 aromatic heterocycles. The summed E-state index contributed by atoms with van der Waals surface area (Å²) in [7, 11) is 0. The van der Waals surface area contributed by atoms with Gasteiger partial charge in [-0.25, -0.2) is 0 Å². The van der Waals surface area contributed by atoms with Crippen LogP contribution in [0.5, 0.6) is 0 Å². The van der Waals surface area contributed by atoms with E-state index in [-0.39, 0.29) is 0 Å². The summed E-state index contributed by atoms with van der Waals surface area (Å²) in [5.41, 5.74) is 3.48. The summed E-state index contributed by atoms with van der Waals surface area (Å²) in [5, 5.41) is 2.92. The predicted molar refractivity (Wildman–Crippen MR) is 107 cm³/mol. The molecule has 0 aliphatic carbocycles. The molecule has 4 rings (SSSR count). The molecule has 24 heavy (non-hydrogen) atoms. The zero-order valence-corrected chi connectivity index (χ0v) is 16.9. The second kappa shape index (κ2) is 5.64. The maximum atomic E-state index is 6.17. The minimum absolute atomic E-state index is 0.534. The van der Waals surface area contributed by atoms with E-state index in [9.17, 15) is 0 Å². The number of halogens is 1. The van der Waals surface area contributed by atoms with E-state index >= 15 is 0 Å².